The summed E-state index contributed by atoms with van der Waals surface area (Å²) in [5, 5.41) is 7.63. The van der Waals surface area contributed by atoms with E-state index in [0.717, 1.165) is 24.7 Å². The zero-order chi connectivity index (χ0) is 17.0. The number of piperidine rings is 2. The highest BCUT2D eigenvalue weighted by atomic mass is 127. The molecule has 6 heteroatoms. The van der Waals surface area contributed by atoms with Gasteiger partial charge < -0.3 is 20.3 Å². The van der Waals surface area contributed by atoms with Crippen molar-refractivity contribution >= 4 is 29.9 Å². The molecular weight excluding hydrogens is 439 g/mol. The van der Waals surface area contributed by atoms with Crippen molar-refractivity contribution in [2.75, 3.05) is 20.7 Å². The van der Waals surface area contributed by atoms with Crippen molar-refractivity contribution in [1.82, 2.24) is 15.5 Å². The first-order valence-electron chi connectivity index (χ1n) is 10.5. The Bertz CT molecular complexity index is 538. The van der Waals surface area contributed by atoms with Gasteiger partial charge in [-0.15, -0.1) is 24.0 Å². The Hall–Kier alpha value is -0.0800. The fraction of sp³-hybridized carbons (Fsp3) is 0.950. The van der Waals surface area contributed by atoms with Crippen LogP contribution in [-0.4, -0.2) is 61.8 Å². The predicted molar refractivity (Wildman–Crippen MR) is 115 cm³/mol. The van der Waals surface area contributed by atoms with Gasteiger partial charge in [-0.25, -0.2) is 0 Å². The average molecular weight is 474 g/mol. The van der Waals surface area contributed by atoms with Crippen molar-refractivity contribution in [3.63, 3.8) is 0 Å². The molecule has 0 aromatic carbocycles. The molecule has 148 valence electrons. The van der Waals surface area contributed by atoms with Gasteiger partial charge >= 0.3 is 0 Å². The lowest BCUT2D eigenvalue weighted by molar-refractivity contribution is -0.171. The summed E-state index contributed by atoms with van der Waals surface area (Å²) in [5.41, 5.74) is 0.419. The van der Waals surface area contributed by atoms with E-state index in [4.69, 9.17) is 4.74 Å². The largest absolute Gasteiger partial charge is 0.377 e. The van der Waals surface area contributed by atoms with Crippen LogP contribution in [0, 0.1) is 11.3 Å². The number of nitrogens with one attached hydrogen (secondary N) is 2. The van der Waals surface area contributed by atoms with Crippen LogP contribution in [-0.2, 0) is 4.74 Å². The zero-order valence-corrected chi connectivity index (χ0v) is 18.6. The smallest absolute Gasteiger partial charge is 0.191 e. The van der Waals surface area contributed by atoms with Crippen LogP contribution in [0.4, 0.5) is 0 Å². The second-order valence-corrected chi connectivity index (χ2v) is 9.24. The Morgan fingerprint density at radius 1 is 1.08 bits per heavy atom. The summed E-state index contributed by atoms with van der Waals surface area (Å²) in [4.78, 5) is 7.23. The number of guanidine groups is 1. The summed E-state index contributed by atoms with van der Waals surface area (Å²) in [6, 6.07) is 2.67. The number of nitrogens with zero attached hydrogens (tertiary/aromatic N) is 2. The normalized spacial score (nSPS) is 43.7. The summed E-state index contributed by atoms with van der Waals surface area (Å²) < 4.78 is 6.06. The molecule has 5 unspecified atom stereocenters. The summed E-state index contributed by atoms with van der Waals surface area (Å²) >= 11 is 0. The van der Waals surface area contributed by atoms with Gasteiger partial charge in [-0.2, -0.15) is 0 Å². The summed E-state index contributed by atoms with van der Waals surface area (Å²) in [7, 11) is 4.26. The summed E-state index contributed by atoms with van der Waals surface area (Å²) in [6.07, 6.45) is 12.5. The maximum atomic E-state index is 6.06. The molecule has 5 nitrogen and oxygen atoms in total. The van der Waals surface area contributed by atoms with Crippen LogP contribution in [0.5, 0.6) is 0 Å². The van der Waals surface area contributed by atoms with Crippen LogP contribution >= 0.6 is 24.0 Å². The maximum absolute atomic E-state index is 6.06. The van der Waals surface area contributed by atoms with Gasteiger partial charge in [0.05, 0.1) is 6.10 Å². The molecule has 2 bridgehead atoms. The second-order valence-electron chi connectivity index (χ2n) is 9.24. The van der Waals surface area contributed by atoms with Crippen molar-refractivity contribution in [2.45, 2.75) is 88.1 Å². The van der Waals surface area contributed by atoms with Crippen LogP contribution in [0.2, 0.25) is 0 Å². The minimum absolute atomic E-state index is 0. The molecule has 26 heavy (non-hydrogen) atoms. The van der Waals surface area contributed by atoms with E-state index in [0.29, 0.717) is 29.5 Å². The Kier molecular flexibility index (Phi) is 5.47. The lowest BCUT2D eigenvalue weighted by Gasteiger charge is -2.63. The van der Waals surface area contributed by atoms with E-state index in [1.807, 2.05) is 7.05 Å². The van der Waals surface area contributed by atoms with Gasteiger partial charge in [-0.1, -0.05) is 12.8 Å². The molecule has 5 fully saturated rings. The highest BCUT2D eigenvalue weighted by molar-refractivity contribution is 14.0. The molecular formula is C20H35IN4O. The highest BCUT2D eigenvalue weighted by Gasteiger charge is 2.66. The Labute approximate surface area is 175 Å². The minimum Gasteiger partial charge on any atom is -0.377 e. The molecule has 2 aliphatic carbocycles. The fourth-order valence-electron chi connectivity index (χ4n) is 6.70. The van der Waals surface area contributed by atoms with Crippen molar-refractivity contribution in [2.24, 2.45) is 16.3 Å². The molecule has 5 aliphatic rings. The number of aliphatic imine (C=N–C) groups is 1. The number of ether oxygens (including phenoxy) is 1. The fourth-order valence-corrected chi connectivity index (χ4v) is 6.70. The van der Waals surface area contributed by atoms with Gasteiger partial charge in [0.15, 0.2) is 5.96 Å². The van der Waals surface area contributed by atoms with E-state index in [1.54, 1.807) is 0 Å². The summed E-state index contributed by atoms with van der Waals surface area (Å²) in [5.74, 6) is 1.74. The van der Waals surface area contributed by atoms with Gasteiger partial charge in [0.25, 0.3) is 0 Å². The molecule has 0 amide bonds. The molecule has 5 rings (SSSR count). The first-order chi connectivity index (χ1) is 12.2. The maximum Gasteiger partial charge on any atom is 0.191 e. The zero-order valence-electron chi connectivity index (χ0n) is 16.2. The molecule has 0 radical (unpaired) electrons. The van der Waals surface area contributed by atoms with Crippen LogP contribution < -0.4 is 10.6 Å². The third-order valence-corrected chi connectivity index (χ3v) is 8.23. The SMILES string of the molecule is CN=C(NC1CC2CCCC(C1)N2C)NC1C2CCOC2C12CCC2.I. The van der Waals surface area contributed by atoms with Crippen LogP contribution in [0.25, 0.3) is 0 Å². The first kappa shape index (κ1) is 19.2. The molecule has 3 aliphatic heterocycles. The molecule has 0 aromatic heterocycles. The van der Waals surface area contributed by atoms with Crippen molar-refractivity contribution in [1.29, 1.82) is 0 Å². The van der Waals surface area contributed by atoms with Crippen molar-refractivity contribution < 1.29 is 4.74 Å². The topological polar surface area (TPSA) is 48.9 Å². The molecule has 2 N–H and O–H groups in total. The van der Waals surface area contributed by atoms with Gasteiger partial charge in [0.1, 0.15) is 0 Å². The standard InChI is InChI=1S/C20H34N4O.HI/c1-21-19(22-13-11-14-5-3-6-15(12-13)24(14)2)23-17-16-7-10-25-18(16)20(17)8-4-9-20;/h13-18H,3-12H2,1-2H3,(H2,21,22,23);1H. The van der Waals surface area contributed by atoms with Crippen molar-refractivity contribution in [3.8, 4) is 0 Å². The number of hydrogen-bond acceptors (Lipinski definition) is 3. The number of hydrogen-bond donors (Lipinski definition) is 2. The van der Waals surface area contributed by atoms with E-state index in [9.17, 15) is 0 Å². The van der Waals surface area contributed by atoms with E-state index in [-0.39, 0.29) is 24.0 Å². The lowest BCUT2D eigenvalue weighted by atomic mass is 9.46. The average Bonchev–Trinajstić information content (AvgIpc) is 2.95. The molecule has 5 atom stereocenters. The number of fused-ring (bicyclic) bond motifs is 4. The van der Waals surface area contributed by atoms with Crippen LogP contribution in [0.1, 0.15) is 57.8 Å². The van der Waals surface area contributed by atoms with Gasteiger partial charge in [0.2, 0.25) is 0 Å². The number of rotatable bonds is 2. The van der Waals surface area contributed by atoms with Gasteiger partial charge in [0, 0.05) is 49.2 Å². The Morgan fingerprint density at radius 2 is 1.81 bits per heavy atom. The van der Waals surface area contributed by atoms with E-state index >= 15 is 0 Å². The number of halogens is 1. The predicted octanol–water partition coefficient (Wildman–Crippen LogP) is 2.74. The van der Waals surface area contributed by atoms with E-state index in [2.05, 4.69) is 27.6 Å². The highest BCUT2D eigenvalue weighted by Crippen LogP contribution is 2.62. The van der Waals surface area contributed by atoms with Gasteiger partial charge in [-0.05, 0) is 52.0 Å². The first-order valence-corrected chi connectivity index (χ1v) is 10.5. The monoisotopic (exact) mass is 474 g/mol. The van der Waals surface area contributed by atoms with Crippen molar-refractivity contribution in [3.05, 3.63) is 0 Å². The van der Waals surface area contributed by atoms with E-state index < -0.39 is 0 Å². The summed E-state index contributed by atoms with van der Waals surface area (Å²) in [6.45, 7) is 0.958. The molecule has 1 spiro atoms. The molecule has 3 heterocycles. The molecule has 3 saturated heterocycles. The van der Waals surface area contributed by atoms with E-state index in [1.165, 1.54) is 57.8 Å². The van der Waals surface area contributed by atoms with Crippen LogP contribution in [0.15, 0.2) is 4.99 Å². The Morgan fingerprint density at radius 3 is 2.42 bits per heavy atom. The third-order valence-electron chi connectivity index (χ3n) is 8.23. The molecule has 2 saturated carbocycles. The molecule has 0 aromatic rings. The van der Waals surface area contributed by atoms with Crippen LogP contribution in [0.3, 0.4) is 0 Å². The van der Waals surface area contributed by atoms with Gasteiger partial charge in [-0.3, -0.25) is 4.99 Å². The lowest BCUT2D eigenvalue weighted by Crippen LogP contribution is -2.73. The minimum atomic E-state index is 0. The quantitative estimate of drug-likeness (QED) is 0.367. The Balaban J connectivity index is 0.00000168. The second kappa shape index (κ2) is 7.39. The third kappa shape index (κ3) is 2.89.